The number of hydrogen-bond acceptors (Lipinski definition) is 5. The molecule has 2 bridgehead atoms. The van der Waals surface area contributed by atoms with Crippen LogP contribution in [-0.4, -0.2) is 52.1 Å². The number of rotatable bonds is 5. The van der Waals surface area contributed by atoms with Gasteiger partial charge < -0.3 is 24.1 Å². The Labute approximate surface area is 208 Å². The Morgan fingerprint density at radius 3 is 2.09 bits per heavy atom. The van der Waals surface area contributed by atoms with Crippen LogP contribution in [0.4, 0.5) is 4.79 Å². The molecule has 2 unspecified atom stereocenters. The summed E-state index contributed by atoms with van der Waals surface area (Å²) in [6.07, 6.45) is 3.26. The number of nitrogens with zero attached hydrogens (tertiary/aromatic N) is 1. The molecule has 0 aromatic heterocycles. The lowest BCUT2D eigenvalue weighted by atomic mass is 9.77. The Balaban J connectivity index is 1.20. The van der Waals surface area contributed by atoms with E-state index >= 15 is 0 Å². The average Bonchev–Trinajstić information content (AvgIpc) is 3.21. The summed E-state index contributed by atoms with van der Waals surface area (Å²) in [6, 6.07) is 18.0. The number of ether oxygens (including phenoxy) is 1. The van der Waals surface area contributed by atoms with Crippen LogP contribution in [0.1, 0.15) is 64.5 Å². The first-order valence-electron chi connectivity index (χ1n) is 12.7. The monoisotopic (exact) mass is 477 g/mol. The molecule has 3 heterocycles. The molecule has 0 radical (unpaired) electrons. The van der Waals surface area contributed by atoms with E-state index in [1.807, 2.05) is 47.4 Å². The van der Waals surface area contributed by atoms with Gasteiger partial charge in [0.1, 0.15) is 6.61 Å². The smallest absolute Gasteiger partial charge is 0.445 e. The molecule has 1 N–H and O–H groups in total. The molecule has 0 spiro atoms. The maximum Gasteiger partial charge on any atom is 0.494 e. The first-order chi connectivity index (χ1) is 16.6. The summed E-state index contributed by atoms with van der Waals surface area (Å²) >= 11 is 0. The minimum atomic E-state index is -0.825. The number of aliphatic hydroxyl groups is 1. The fourth-order valence-electron chi connectivity index (χ4n) is 5.71. The maximum atomic E-state index is 12.9. The number of amides is 1. The minimum Gasteiger partial charge on any atom is -0.445 e. The van der Waals surface area contributed by atoms with Crippen LogP contribution in [0.3, 0.4) is 0 Å². The summed E-state index contributed by atoms with van der Waals surface area (Å²) in [5.41, 5.74) is 1.46. The summed E-state index contributed by atoms with van der Waals surface area (Å²) in [7, 11) is -0.391. The number of carbonyl (C=O) groups excluding carboxylic acids is 1. The number of hydrogen-bond donors (Lipinski definition) is 1. The second kappa shape index (κ2) is 8.95. The highest BCUT2D eigenvalue weighted by molar-refractivity contribution is 6.62. The van der Waals surface area contributed by atoms with Gasteiger partial charge in [-0.05, 0) is 70.0 Å². The van der Waals surface area contributed by atoms with Gasteiger partial charge in [-0.2, -0.15) is 0 Å². The van der Waals surface area contributed by atoms with E-state index in [1.165, 1.54) is 0 Å². The zero-order valence-corrected chi connectivity index (χ0v) is 21.2. The summed E-state index contributed by atoms with van der Waals surface area (Å²) < 4.78 is 17.9. The third-order valence-corrected chi connectivity index (χ3v) is 8.31. The number of piperidine rings is 1. The Hall–Kier alpha value is -2.35. The molecule has 3 aliphatic rings. The Kier molecular flexibility index (Phi) is 6.23. The standard InChI is InChI=1S/C28H36BNO5/c1-26(2)27(3,4)35-29(34-26)22-12-10-20(11-13-22)16-28(32)17-23-14-15-24(18-28)30(23)25(31)33-19-21-8-6-5-7-9-21/h5-13,23-24,32H,14-19H2,1-4H3. The molecule has 7 heteroatoms. The number of fused-ring (bicyclic) bond motifs is 2. The lowest BCUT2D eigenvalue weighted by molar-refractivity contribution is -0.0485. The van der Waals surface area contributed by atoms with E-state index in [0.29, 0.717) is 19.3 Å². The highest BCUT2D eigenvalue weighted by atomic mass is 16.7. The van der Waals surface area contributed by atoms with Crippen molar-refractivity contribution >= 4 is 18.7 Å². The van der Waals surface area contributed by atoms with Crippen LogP contribution in [0, 0.1) is 0 Å². The molecule has 186 valence electrons. The summed E-state index contributed by atoms with van der Waals surface area (Å²) in [5.74, 6) is 0. The third-order valence-electron chi connectivity index (χ3n) is 8.31. The lowest BCUT2D eigenvalue weighted by Crippen LogP contribution is -2.54. The van der Waals surface area contributed by atoms with Crippen molar-refractivity contribution in [3.05, 3.63) is 65.7 Å². The van der Waals surface area contributed by atoms with Gasteiger partial charge in [0.15, 0.2) is 0 Å². The maximum absolute atomic E-state index is 12.9. The van der Waals surface area contributed by atoms with Crippen LogP contribution in [0.25, 0.3) is 0 Å². The molecule has 5 rings (SSSR count). The molecule has 2 aromatic rings. The molecule has 1 amide bonds. The fraction of sp³-hybridized carbons (Fsp3) is 0.536. The Morgan fingerprint density at radius 1 is 0.943 bits per heavy atom. The zero-order valence-electron chi connectivity index (χ0n) is 21.2. The van der Waals surface area contributed by atoms with Gasteiger partial charge >= 0.3 is 13.2 Å². The van der Waals surface area contributed by atoms with E-state index in [2.05, 4.69) is 39.8 Å². The van der Waals surface area contributed by atoms with Crippen molar-refractivity contribution in [2.24, 2.45) is 0 Å². The van der Waals surface area contributed by atoms with E-state index in [1.54, 1.807) is 0 Å². The Morgan fingerprint density at radius 2 is 1.51 bits per heavy atom. The quantitative estimate of drug-likeness (QED) is 0.654. The molecule has 3 aliphatic heterocycles. The van der Waals surface area contributed by atoms with Crippen LogP contribution in [0.2, 0.25) is 0 Å². The molecular formula is C28H36BNO5. The highest BCUT2D eigenvalue weighted by Crippen LogP contribution is 2.43. The van der Waals surface area contributed by atoms with E-state index < -0.39 is 12.7 Å². The van der Waals surface area contributed by atoms with Crippen molar-refractivity contribution in [2.75, 3.05) is 0 Å². The first-order valence-corrected chi connectivity index (χ1v) is 12.7. The van der Waals surface area contributed by atoms with Gasteiger partial charge in [0.25, 0.3) is 0 Å². The Bertz CT molecular complexity index is 1020. The summed E-state index contributed by atoms with van der Waals surface area (Å²) in [5, 5.41) is 11.5. The molecular weight excluding hydrogens is 441 g/mol. The van der Waals surface area contributed by atoms with Crippen LogP contribution < -0.4 is 5.46 Å². The minimum absolute atomic E-state index is 0.0195. The molecule has 0 saturated carbocycles. The van der Waals surface area contributed by atoms with Gasteiger partial charge in [0, 0.05) is 18.5 Å². The van der Waals surface area contributed by atoms with Gasteiger partial charge in [0.05, 0.1) is 16.8 Å². The van der Waals surface area contributed by atoms with Crippen molar-refractivity contribution in [3.8, 4) is 0 Å². The van der Waals surface area contributed by atoms with E-state index in [0.717, 1.165) is 29.4 Å². The van der Waals surface area contributed by atoms with Gasteiger partial charge in [-0.25, -0.2) is 4.79 Å². The molecule has 2 atom stereocenters. The molecule has 3 saturated heterocycles. The van der Waals surface area contributed by atoms with E-state index in [9.17, 15) is 9.90 Å². The molecule has 3 fully saturated rings. The van der Waals surface area contributed by atoms with Crippen molar-refractivity contribution in [3.63, 3.8) is 0 Å². The highest BCUT2D eigenvalue weighted by Gasteiger charge is 2.52. The predicted octanol–water partition coefficient (Wildman–Crippen LogP) is 4.22. The summed E-state index contributed by atoms with van der Waals surface area (Å²) in [4.78, 5) is 14.7. The second-order valence-electron chi connectivity index (χ2n) is 11.5. The van der Waals surface area contributed by atoms with Crippen molar-refractivity contribution in [1.82, 2.24) is 4.90 Å². The molecule has 6 nitrogen and oxygen atoms in total. The normalized spacial score (nSPS) is 28.8. The van der Waals surface area contributed by atoms with Crippen molar-refractivity contribution in [1.29, 1.82) is 0 Å². The number of benzene rings is 2. The van der Waals surface area contributed by atoms with E-state index in [4.69, 9.17) is 14.0 Å². The van der Waals surface area contributed by atoms with Gasteiger partial charge in [-0.3, -0.25) is 0 Å². The van der Waals surface area contributed by atoms with E-state index in [-0.39, 0.29) is 36.0 Å². The average molecular weight is 477 g/mol. The largest absolute Gasteiger partial charge is 0.494 e. The first kappa shape index (κ1) is 24.4. The van der Waals surface area contributed by atoms with Crippen LogP contribution in [-0.2, 0) is 27.1 Å². The van der Waals surface area contributed by atoms with Gasteiger partial charge in [0.2, 0.25) is 0 Å². The van der Waals surface area contributed by atoms with Gasteiger partial charge in [-0.15, -0.1) is 0 Å². The molecule has 0 aliphatic carbocycles. The van der Waals surface area contributed by atoms with Crippen LogP contribution in [0.15, 0.2) is 54.6 Å². The molecule has 35 heavy (non-hydrogen) atoms. The van der Waals surface area contributed by atoms with Gasteiger partial charge in [-0.1, -0.05) is 54.6 Å². The lowest BCUT2D eigenvalue weighted by Gasteiger charge is -2.43. The zero-order chi connectivity index (χ0) is 24.8. The second-order valence-corrected chi connectivity index (χ2v) is 11.5. The van der Waals surface area contributed by atoms with Crippen molar-refractivity contribution < 1.29 is 23.9 Å². The van der Waals surface area contributed by atoms with Crippen molar-refractivity contribution in [2.45, 2.75) is 95.3 Å². The number of carbonyl (C=O) groups is 1. The third kappa shape index (κ3) is 4.86. The van der Waals surface area contributed by atoms with Crippen LogP contribution >= 0.6 is 0 Å². The van der Waals surface area contributed by atoms with Crippen LogP contribution in [0.5, 0.6) is 0 Å². The summed E-state index contributed by atoms with van der Waals surface area (Å²) in [6.45, 7) is 8.48. The predicted molar refractivity (Wildman–Crippen MR) is 135 cm³/mol. The SMILES string of the molecule is CC1(C)OB(c2ccc(CC3(O)CC4CCC(C3)N4C(=O)OCc3ccccc3)cc2)OC1(C)C. The fourth-order valence-corrected chi connectivity index (χ4v) is 5.71. The topological polar surface area (TPSA) is 68.2 Å². The molecule has 2 aromatic carbocycles.